The number of nitrogens with two attached hydrogens (primary N) is 1. The van der Waals surface area contributed by atoms with Gasteiger partial charge >= 0.3 is 0 Å². The molecule has 0 saturated carbocycles. The Kier molecular flexibility index (Phi) is 5.66. The van der Waals surface area contributed by atoms with Crippen LogP contribution in [-0.2, 0) is 0 Å². The van der Waals surface area contributed by atoms with Gasteiger partial charge in [-0.2, -0.15) is 0 Å². The first kappa shape index (κ1) is 14.2. The molecule has 2 nitrogen and oxygen atoms in total. The molecule has 2 N–H and O–H groups in total. The Bertz CT molecular complexity index is 335. The molecule has 2 heteroatoms. The first-order valence-electron chi connectivity index (χ1n) is 6.62. The van der Waals surface area contributed by atoms with Gasteiger partial charge in [0.1, 0.15) is 0 Å². The highest BCUT2D eigenvalue weighted by molar-refractivity contribution is 5.26. The molecule has 0 aromatic heterocycles. The highest BCUT2D eigenvalue weighted by Gasteiger charge is 2.22. The second-order valence-corrected chi connectivity index (χ2v) is 4.91. The van der Waals surface area contributed by atoms with E-state index in [2.05, 4.69) is 57.0 Å². The molecule has 0 radical (unpaired) electrons. The quantitative estimate of drug-likeness (QED) is 0.819. The molecule has 1 rings (SSSR count). The van der Waals surface area contributed by atoms with E-state index in [1.165, 1.54) is 11.1 Å². The molecule has 2 atom stereocenters. The van der Waals surface area contributed by atoms with E-state index in [0.717, 1.165) is 19.4 Å². The van der Waals surface area contributed by atoms with Crippen LogP contribution in [-0.4, -0.2) is 24.5 Å². The van der Waals surface area contributed by atoms with Gasteiger partial charge in [-0.25, -0.2) is 0 Å². The minimum atomic E-state index is 0.202. The Morgan fingerprint density at radius 1 is 1.29 bits per heavy atom. The van der Waals surface area contributed by atoms with Crippen LogP contribution in [0.2, 0.25) is 0 Å². The van der Waals surface area contributed by atoms with E-state index in [4.69, 9.17) is 5.73 Å². The van der Waals surface area contributed by atoms with Gasteiger partial charge in [0.15, 0.2) is 0 Å². The topological polar surface area (TPSA) is 29.3 Å². The maximum Gasteiger partial charge on any atom is 0.0496 e. The number of benzene rings is 1. The smallest absolute Gasteiger partial charge is 0.0496 e. The summed E-state index contributed by atoms with van der Waals surface area (Å²) < 4.78 is 0. The first-order valence-corrected chi connectivity index (χ1v) is 6.62. The molecule has 0 aliphatic heterocycles. The summed E-state index contributed by atoms with van der Waals surface area (Å²) in [7, 11) is 2.17. The van der Waals surface area contributed by atoms with Gasteiger partial charge in [0.05, 0.1) is 0 Å². The van der Waals surface area contributed by atoms with Crippen molar-refractivity contribution in [2.24, 2.45) is 5.73 Å². The van der Waals surface area contributed by atoms with Crippen molar-refractivity contribution in [3.05, 3.63) is 35.4 Å². The Hall–Kier alpha value is -0.860. The molecule has 2 unspecified atom stereocenters. The van der Waals surface area contributed by atoms with Gasteiger partial charge < -0.3 is 5.73 Å². The third-order valence-corrected chi connectivity index (χ3v) is 3.31. The van der Waals surface area contributed by atoms with Crippen LogP contribution < -0.4 is 5.73 Å². The summed E-state index contributed by atoms with van der Waals surface area (Å²) in [5.41, 5.74) is 8.94. The van der Waals surface area contributed by atoms with Crippen molar-refractivity contribution in [1.82, 2.24) is 4.90 Å². The molecule has 0 aliphatic rings. The second kappa shape index (κ2) is 6.77. The summed E-state index contributed by atoms with van der Waals surface area (Å²) in [6.07, 6.45) is 2.17. The zero-order chi connectivity index (χ0) is 12.8. The molecule has 0 amide bonds. The Morgan fingerprint density at radius 3 is 2.53 bits per heavy atom. The van der Waals surface area contributed by atoms with E-state index in [-0.39, 0.29) is 6.04 Å². The Balaban J connectivity index is 2.97. The zero-order valence-electron chi connectivity index (χ0n) is 11.6. The van der Waals surface area contributed by atoms with Gasteiger partial charge in [-0.15, -0.1) is 0 Å². The normalized spacial score (nSPS) is 14.9. The van der Waals surface area contributed by atoms with Gasteiger partial charge in [-0.05, 0) is 38.9 Å². The van der Waals surface area contributed by atoms with Gasteiger partial charge in [-0.3, -0.25) is 4.90 Å². The standard InChI is InChI=1S/C15H26N2/c1-5-10-17(4)15(14(16)6-2)13-9-7-8-12(3)11-13/h7-9,11,14-15H,5-6,10,16H2,1-4H3. The maximum atomic E-state index is 6.29. The number of nitrogens with zero attached hydrogens (tertiary/aromatic N) is 1. The molecule has 96 valence electrons. The largest absolute Gasteiger partial charge is 0.326 e. The highest BCUT2D eigenvalue weighted by Crippen LogP contribution is 2.24. The molecule has 1 aromatic rings. The number of hydrogen-bond donors (Lipinski definition) is 1. The van der Waals surface area contributed by atoms with Crippen molar-refractivity contribution in [2.45, 2.75) is 45.7 Å². The summed E-state index contributed by atoms with van der Waals surface area (Å²) in [6.45, 7) is 7.60. The monoisotopic (exact) mass is 234 g/mol. The van der Waals surface area contributed by atoms with Gasteiger partial charge in [0.2, 0.25) is 0 Å². The molecule has 0 aliphatic carbocycles. The SMILES string of the molecule is CCCN(C)C(c1cccc(C)c1)C(N)CC. The third-order valence-electron chi connectivity index (χ3n) is 3.31. The third kappa shape index (κ3) is 3.83. The molecule has 0 heterocycles. The average Bonchev–Trinajstić information content (AvgIpc) is 2.29. The van der Waals surface area contributed by atoms with Crippen molar-refractivity contribution >= 4 is 0 Å². The average molecular weight is 234 g/mol. The van der Waals surface area contributed by atoms with Crippen molar-refractivity contribution in [1.29, 1.82) is 0 Å². The molecule has 0 bridgehead atoms. The van der Waals surface area contributed by atoms with Crippen LogP contribution in [0.25, 0.3) is 0 Å². The molecule has 1 aromatic carbocycles. The van der Waals surface area contributed by atoms with E-state index >= 15 is 0 Å². The van der Waals surface area contributed by atoms with Crippen molar-refractivity contribution < 1.29 is 0 Å². The predicted octanol–water partition coefficient (Wildman–Crippen LogP) is 3.12. The zero-order valence-corrected chi connectivity index (χ0v) is 11.6. The van der Waals surface area contributed by atoms with E-state index in [0.29, 0.717) is 6.04 Å². The molecule has 0 fully saturated rings. The fourth-order valence-electron chi connectivity index (χ4n) is 2.40. The van der Waals surface area contributed by atoms with Crippen LogP contribution in [0.5, 0.6) is 0 Å². The van der Waals surface area contributed by atoms with Crippen molar-refractivity contribution in [2.75, 3.05) is 13.6 Å². The number of rotatable bonds is 6. The minimum Gasteiger partial charge on any atom is -0.326 e. The lowest BCUT2D eigenvalue weighted by Crippen LogP contribution is -2.39. The van der Waals surface area contributed by atoms with E-state index in [1.54, 1.807) is 0 Å². The van der Waals surface area contributed by atoms with Crippen LogP contribution in [0.15, 0.2) is 24.3 Å². The van der Waals surface area contributed by atoms with Gasteiger partial charge in [0, 0.05) is 12.1 Å². The van der Waals surface area contributed by atoms with Crippen LogP contribution in [0.1, 0.15) is 43.9 Å². The number of aryl methyl sites for hydroxylation is 1. The second-order valence-electron chi connectivity index (χ2n) is 4.91. The van der Waals surface area contributed by atoms with E-state index in [1.807, 2.05) is 0 Å². The predicted molar refractivity (Wildman–Crippen MR) is 75.1 cm³/mol. The van der Waals surface area contributed by atoms with Gasteiger partial charge in [-0.1, -0.05) is 43.7 Å². The fourth-order valence-corrected chi connectivity index (χ4v) is 2.40. The number of likely N-dealkylation sites (N-methyl/N-ethyl adjacent to an activating group) is 1. The van der Waals surface area contributed by atoms with E-state index < -0.39 is 0 Å². The summed E-state index contributed by atoms with van der Waals surface area (Å²) in [5, 5.41) is 0. The lowest BCUT2D eigenvalue weighted by molar-refractivity contribution is 0.210. The van der Waals surface area contributed by atoms with Crippen molar-refractivity contribution in [3.8, 4) is 0 Å². The van der Waals surface area contributed by atoms with Crippen LogP contribution in [0.4, 0.5) is 0 Å². The van der Waals surface area contributed by atoms with E-state index in [9.17, 15) is 0 Å². The highest BCUT2D eigenvalue weighted by atomic mass is 15.1. The molecule has 17 heavy (non-hydrogen) atoms. The lowest BCUT2D eigenvalue weighted by atomic mass is 9.95. The molecular weight excluding hydrogens is 208 g/mol. The first-order chi connectivity index (χ1) is 8.10. The summed E-state index contributed by atoms with van der Waals surface area (Å²) in [6, 6.07) is 9.25. The van der Waals surface area contributed by atoms with Crippen LogP contribution >= 0.6 is 0 Å². The minimum absolute atomic E-state index is 0.202. The lowest BCUT2D eigenvalue weighted by Gasteiger charge is -2.32. The Morgan fingerprint density at radius 2 is 2.00 bits per heavy atom. The molecule has 0 spiro atoms. The van der Waals surface area contributed by atoms with Crippen LogP contribution in [0, 0.1) is 6.92 Å². The summed E-state index contributed by atoms with van der Waals surface area (Å²) in [5.74, 6) is 0. The number of hydrogen-bond acceptors (Lipinski definition) is 2. The van der Waals surface area contributed by atoms with Crippen molar-refractivity contribution in [3.63, 3.8) is 0 Å². The Labute approximate surface area is 106 Å². The summed E-state index contributed by atoms with van der Waals surface area (Å²) in [4.78, 5) is 2.38. The maximum absolute atomic E-state index is 6.29. The molecular formula is C15H26N2. The molecule has 0 saturated heterocycles. The van der Waals surface area contributed by atoms with Crippen LogP contribution in [0.3, 0.4) is 0 Å². The fraction of sp³-hybridized carbons (Fsp3) is 0.600. The van der Waals surface area contributed by atoms with Gasteiger partial charge in [0.25, 0.3) is 0 Å². The summed E-state index contributed by atoms with van der Waals surface area (Å²) >= 11 is 0.